The minimum atomic E-state index is -0.330. The normalized spacial score (nSPS) is 11.4. The van der Waals surface area contributed by atoms with E-state index in [1.807, 2.05) is 17.8 Å². The van der Waals surface area contributed by atoms with E-state index in [-0.39, 0.29) is 15.4 Å². The molecule has 0 radical (unpaired) electrons. The lowest BCUT2D eigenvalue weighted by Gasteiger charge is -2.30. The summed E-state index contributed by atoms with van der Waals surface area (Å²) in [6, 6.07) is 5.27. The Hall–Kier alpha value is -0.500. The lowest BCUT2D eigenvalue weighted by atomic mass is 10.0. The Morgan fingerprint density at radius 2 is 2.05 bits per heavy atom. The zero-order valence-corrected chi connectivity index (χ0v) is 14.4. The van der Waals surface area contributed by atoms with Crippen molar-refractivity contribution in [2.75, 3.05) is 18.1 Å². The summed E-state index contributed by atoms with van der Waals surface area (Å²) in [6.07, 6.45) is 4.17. The van der Waals surface area contributed by atoms with Gasteiger partial charge in [0.05, 0.1) is 4.92 Å². The number of anilines is 1. The first-order valence-corrected chi connectivity index (χ1v) is 8.51. The highest BCUT2D eigenvalue weighted by molar-refractivity contribution is 14.1. The van der Waals surface area contributed by atoms with E-state index < -0.39 is 0 Å². The molecule has 19 heavy (non-hydrogen) atoms. The molecule has 0 heterocycles. The van der Waals surface area contributed by atoms with Gasteiger partial charge >= 0.3 is 0 Å². The van der Waals surface area contributed by atoms with E-state index in [4.69, 9.17) is 0 Å². The van der Waals surface area contributed by atoms with Crippen LogP contribution in [0.1, 0.15) is 26.7 Å². The Kier molecular flexibility index (Phi) is 6.38. The van der Waals surface area contributed by atoms with Crippen molar-refractivity contribution in [2.45, 2.75) is 31.4 Å². The zero-order chi connectivity index (χ0) is 14.5. The highest BCUT2D eigenvalue weighted by Gasteiger charge is 2.25. The lowest BCUT2D eigenvalue weighted by molar-refractivity contribution is -0.384. The maximum atomic E-state index is 11.1. The van der Waals surface area contributed by atoms with Crippen LogP contribution in [0.25, 0.3) is 0 Å². The predicted molar refractivity (Wildman–Crippen MR) is 91.1 cm³/mol. The largest absolute Gasteiger partial charge is 0.378 e. The second kappa shape index (κ2) is 7.33. The van der Waals surface area contributed by atoms with Crippen molar-refractivity contribution in [3.8, 4) is 0 Å². The molecule has 1 aromatic carbocycles. The van der Waals surface area contributed by atoms with Crippen LogP contribution in [0.2, 0.25) is 0 Å². The van der Waals surface area contributed by atoms with Crippen molar-refractivity contribution in [2.24, 2.45) is 0 Å². The number of nitro groups is 1. The molecule has 1 rings (SSSR count). The van der Waals surface area contributed by atoms with Gasteiger partial charge in [0, 0.05) is 20.9 Å². The van der Waals surface area contributed by atoms with E-state index in [0.717, 1.165) is 23.0 Å². The van der Waals surface area contributed by atoms with Crippen LogP contribution in [-0.2, 0) is 0 Å². The second-order valence-electron chi connectivity index (χ2n) is 4.37. The van der Waals surface area contributed by atoms with Crippen LogP contribution in [-0.4, -0.2) is 22.5 Å². The summed E-state index contributed by atoms with van der Waals surface area (Å²) >= 11 is 3.91. The summed E-state index contributed by atoms with van der Waals surface area (Å²) in [6.45, 7) is 5.05. The Bertz CT molecular complexity index is 442. The molecular weight excluding hydrogens is 375 g/mol. The first kappa shape index (κ1) is 16.6. The number of thioether (sulfide) groups is 1. The number of rotatable bonds is 7. The van der Waals surface area contributed by atoms with Crippen molar-refractivity contribution in [1.29, 1.82) is 0 Å². The number of nitro benzene ring substituents is 1. The molecular formula is C13H19IN2O2S. The molecule has 0 fully saturated rings. The molecule has 0 atom stereocenters. The minimum Gasteiger partial charge on any atom is -0.378 e. The van der Waals surface area contributed by atoms with E-state index in [1.54, 1.807) is 12.1 Å². The molecule has 0 aliphatic rings. The monoisotopic (exact) mass is 394 g/mol. The molecule has 0 aliphatic carbocycles. The van der Waals surface area contributed by atoms with Crippen LogP contribution in [0.5, 0.6) is 0 Å². The second-order valence-corrected chi connectivity index (χ2v) is 6.89. The summed E-state index contributed by atoms with van der Waals surface area (Å²) in [5, 5.41) is 14.3. The van der Waals surface area contributed by atoms with Crippen molar-refractivity contribution >= 4 is 45.7 Å². The standard InChI is InChI=1S/C13H19IN2O2S/c1-4-13(5-2,19-3)9-15-11-7-6-10(14)8-12(11)16(17)18/h6-8,15H,4-5,9H2,1-3H3. The van der Waals surface area contributed by atoms with Crippen molar-refractivity contribution in [3.63, 3.8) is 0 Å². The molecule has 0 spiro atoms. The number of nitrogens with zero attached hydrogens (tertiary/aromatic N) is 1. The van der Waals surface area contributed by atoms with Crippen LogP contribution in [0.3, 0.4) is 0 Å². The van der Waals surface area contributed by atoms with Crippen molar-refractivity contribution in [1.82, 2.24) is 0 Å². The van der Waals surface area contributed by atoms with Crippen LogP contribution in [0, 0.1) is 13.7 Å². The number of hydrogen-bond acceptors (Lipinski definition) is 4. The molecule has 106 valence electrons. The fourth-order valence-corrected chi connectivity index (χ4v) is 3.19. The van der Waals surface area contributed by atoms with Gasteiger partial charge in [0.2, 0.25) is 0 Å². The van der Waals surface area contributed by atoms with Gasteiger partial charge in [0.25, 0.3) is 5.69 Å². The van der Waals surface area contributed by atoms with E-state index in [0.29, 0.717) is 5.69 Å². The molecule has 0 saturated carbocycles. The highest BCUT2D eigenvalue weighted by Crippen LogP contribution is 2.33. The van der Waals surface area contributed by atoms with E-state index >= 15 is 0 Å². The number of halogens is 1. The van der Waals surface area contributed by atoms with Gasteiger partial charge in [-0.1, -0.05) is 13.8 Å². The summed E-state index contributed by atoms with van der Waals surface area (Å²) in [5.74, 6) is 0. The SMILES string of the molecule is CCC(CC)(CNc1ccc(I)cc1[N+](=O)[O-])SC. The third-order valence-corrected chi connectivity index (χ3v) is 5.74. The third-order valence-electron chi connectivity index (χ3n) is 3.48. The van der Waals surface area contributed by atoms with Crippen LogP contribution >= 0.6 is 34.4 Å². The van der Waals surface area contributed by atoms with Gasteiger partial charge in [-0.15, -0.1) is 0 Å². The first-order chi connectivity index (χ1) is 8.98. The van der Waals surface area contributed by atoms with E-state index in [2.05, 4.69) is 48.0 Å². The fraction of sp³-hybridized carbons (Fsp3) is 0.538. The average Bonchev–Trinajstić information content (AvgIpc) is 2.42. The number of hydrogen-bond donors (Lipinski definition) is 1. The van der Waals surface area contributed by atoms with Gasteiger partial charge in [0.1, 0.15) is 5.69 Å². The van der Waals surface area contributed by atoms with Crippen LogP contribution in [0.15, 0.2) is 18.2 Å². The molecule has 6 heteroatoms. The minimum absolute atomic E-state index is 0.136. The molecule has 0 aromatic heterocycles. The fourth-order valence-electron chi connectivity index (χ4n) is 1.92. The zero-order valence-electron chi connectivity index (χ0n) is 11.4. The van der Waals surface area contributed by atoms with Crippen LogP contribution in [0.4, 0.5) is 11.4 Å². The molecule has 0 amide bonds. The van der Waals surface area contributed by atoms with Gasteiger partial charge < -0.3 is 5.32 Å². The quantitative estimate of drug-likeness (QED) is 0.419. The summed E-state index contributed by atoms with van der Waals surface area (Å²) in [5.41, 5.74) is 0.750. The Morgan fingerprint density at radius 1 is 1.42 bits per heavy atom. The highest BCUT2D eigenvalue weighted by atomic mass is 127. The summed E-state index contributed by atoms with van der Waals surface area (Å²) < 4.78 is 1.01. The molecule has 1 N–H and O–H groups in total. The van der Waals surface area contributed by atoms with Crippen molar-refractivity contribution in [3.05, 3.63) is 31.9 Å². The maximum Gasteiger partial charge on any atom is 0.293 e. The molecule has 0 aliphatic heterocycles. The summed E-state index contributed by atoms with van der Waals surface area (Å²) in [4.78, 5) is 10.7. The molecule has 4 nitrogen and oxygen atoms in total. The lowest BCUT2D eigenvalue weighted by Crippen LogP contribution is -2.32. The summed E-state index contributed by atoms with van der Waals surface area (Å²) in [7, 11) is 0. The average molecular weight is 394 g/mol. The van der Waals surface area contributed by atoms with Crippen molar-refractivity contribution < 1.29 is 4.92 Å². The van der Waals surface area contributed by atoms with Gasteiger partial charge in [0.15, 0.2) is 0 Å². The number of nitrogens with one attached hydrogen (secondary N) is 1. The smallest absolute Gasteiger partial charge is 0.293 e. The van der Waals surface area contributed by atoms with Gasteiger partial charge in [-0.2, -0.15) is 11.8 Å². The Morgan fingerprint density at radius 3 is 2.53 bits per heavy atom. The predicted octanol–water partition coefficient (Wildman–Crippen LogP) is 4.53. The third kappa shape index (κ3) is 4.24. The molecule has 0 unspecified atom stereocenters. The van der Waals surface area contributed by atoms with Crippen LogP contribution < -0.4 is 5.32 Å². The molecule has 0 saturated heterocycles. The first-order valence-electron chi connectivity index (χ1n) is 6.21. The van der Waals surface area contributed by atoms with E-state index in [9.17, 15) is 10.1 Å². The van der Waals surface area contributed by atoms with Gasteiger partial charge in [-0.25, -0.2) is 0 Å². The van der Waals surface area contributed by atoms with Gasteiger partial charge in [-0.3, -0.25) is 10.1 Å². The maximum absolute atomic E-state index is 11.1. The van der Waals surface area contributed by atoms with Gasteiger partial charge in [-0.05, 0) is 53.8 Å². The van der Waals surface area contributed by atoms with E-state index in [1.165, 1.54) is 0 Å². The molecule has 0 bridgehead atoms. The Balaban J connectivity index is 2.91. The Labute approximate surface area is 132 Å². The topological polar surface area (TPSA) is 55.2 Å². The molecule has 1 aromatic rings. The number of benzene rings is 1.